The Hall–Kier alpha value is -14.6. The molecule has 6 heteroatoms. The summed E-state index contributed by atoms with van der Waals surface area (Å²) in [6.45, 7) is 13.7. The van der Waals surface area contributed by atoms with E-state index in [1.807, 2.05) is 6.20 Å². The van der Waals surface area contributed by atoms with Crippen LogP contribution in [-0.4, -0.2) is 4.98 Å². The minimum absolute atomic E-state index is 0.00997. The summed E-state index contributed by atoms with van der Waals surface area (Å²) in [6, 6.07) is 131. The molecule has 0 bridgehead atoms. The molecule has 4 heterocycles. The Morgan fingerprint density at radius 1 is 0.261 bits per heavy atom. The number of hydrogen-bond donors (Lipinski definition) is 0. The van der Waals surface area contributed by atoms with Gasteiger partial charge in [-0.25, -0.2) is 0 Å². The van der Waals surface area contributed by atoms with Crippen LogP contribution in [0.15, 0.2) is 371 Å². The Kier molecular flexibility index (Phi) is 13.9. The second-order valence-electron chi connectivity index (χ2n) is 35.1. The second-order valence-corrected chi connectivity index (χ2v) is 35.1. The van der Waals surface area contributed by atoms with Gasteiger partial charge in [0.1, 0.15) is 22.3 Å². The molecule has 25 rings (SSSR count). The molecule has 21 aromatic rings. The molecule has 0 saturated heterocycles. The Labute approximate surface area is 688 Å². The molecule has 0 fully saturated rings. The van der Waals surface area contributed by atoms with Crippen LogP contribution in [0.1, 0.15) is 97.2 Å². The summed E-state index contributed by atoms with van der Waals surface area (Å²) in [6.07, 6.45) is 2.02. The monoisotopic (exact) mass is 1520 g/mol. The molecule has 17 aromatic carbocycles. The molecule has 6 nitrogen and oxygen atoms in total. The summed E-state index contributed by atoms with van der Waals surface area (Å²) < 4.78 is 22.5. The number of rotatable bonds is 8. The van der Waals surface area contributed by atoms with Gasteiger partial charge < -0.3 is 23.1 Å². The Balaban J connectivity index is 0.643. The summed E-state index contributed by atoms with van der Waals surface area (Å²) in [7, 11) is 0. The van der Waals surface area contributed by atoms with Crippen molar-refractivity contribution in [3.63, 3.8) is 0 Å². The Morgan fingerprint density at radius 3 is 1.27 bits per heavy atom. The zero-order valence-corrected chi connectivity index (χ0v) is 66.6. The third kappa shape index (κ3) is 9.29. The highest BCUT2D eigenvalue weighted by molar-refractivity contribution is 6.21. The summed E-state index contributed by atoms with van der Waals surface area (Å²) in [5.41, 5.74) is 35.5. The van der Waals surface area contributed by atoms with Gasteiger partial charge in [-0.3, -0.25) is 4.98 Å². The SMILES string of the molecule is CC(C)(C)c1ccc(N(c2ccc(C(C)(C)C)cc2)c2cccc3c2oc2c4c(ccc23)C2(c3ccccc3-c3cc(-c5cc(N(c6ccccc6)c6ccc(-c7cccc8c7oc7c9c(ccc78)C7(c8ccccc8-c8ccccc87)c7cccc8cccc-9c78)nc6)c6oc7ccccc7c6c5)ccc32)c2cccc3cccc-4c23)cc1. The fourth-order valence-corrected chi connectivity index (χ4v) is 21.6. The quantitative estimate of drug-likeness (QED) is 0.151. The van der Waals surface area contributed by atoms with E-state index in [0.29, 0.717) is 0 Å². The number of hydrogen-bond acceptors (Lipinski definition) is 6. The van der Waals surface area contributed by atoms with E-state index in [-0.39, 0.29) is 10.8 Å². The van der Waals surface area contributed by atoms with E-state index in [9.17, 15) is 0 Å². The smallest absolute Gasteiger partial charge is 0.159 e. The summed E-state index contributed by atoms with van der Waals surface area (Å²) in [5, 5.41) is 11.2. The van der Waals surface area contributed by atoms with Crippen LogP contribution < -0.4 is 9.80 Å². The zero-order chi connectivity index (χ0) is 79.1. The van der Waals surface area contributed by atoms with Crippen molar-refractivity contribution < 1.29 is 13.3 Å². The lowest BCUT2D eigenvalue weighted by atomic mass is 9.61. The van der Waals surface area contributed by atoms with Crippen molar-refractivity contribution >= 4 is 121 Å². The number of fused-ring (bicyclic) bond motifs is 29. The second kappa shape index (κ2) is 24.5. The number of para-hydroxylation sites is 4. The standard InChI is InChI=1S/C113H77N3O3/c1-110(2,3)70-47-51-73(52-48-70)115(74-53-49-71(50-54-74)111(4,5)6)98-44-23-35-81-83-57-60-96-104(109(83)119-106(81)98)86-38-19-25-67-27-21-43-94(102(67)86)113(96)91-41-16-12-32-78(91)87-62-68(46-58-92(87)113)69-63-88-79-33-13-17-45-100(79)117-107(88)99(64-69)116(72-28-8-7-9-29-72)75-55-61-97(114-65-75)84-36-22-34-80-82-56-59-95-103(108(82)118-105(80)84)85-37-18-24-66-26-20-42-93(101(66)85)112(95)89-39-14-10-30-76(89)77-31-11-15-40-90(77)112/h7-65H,1-6H3. The normalized spacial score (nSPS) is 14.6. The van der Waals surface area contributed by atoms with Crippen molar-refractivity contribution in [2.75, 3.05) is 9.80 Å². The summed E-state index contributed by atoms with van der Waals surface area (Å²) in [4.78, 5) is 10.2. The first kappa shape index (κ1) is 67.7. The molecule has 0 saturated carbocycles. The summed E-state index contributed by atoms with van der Waals surface area (Å²) in [5.74, 6) is 0. The van der Waals surface area contributed by atoms with Gasteiger partial charge in [0.2, 0.25) is 0 Å². The number of nitrogens with zero attached hydrogens (tertiary/aromatic N) is 3. The van der Waals surface area contributed by atoms with Crippen LogP contribution in [-0.2, 0) is 21.7 Å². The molecule has 0 aliphatic heterocycles. The molecule has 4 aromatic heterocycles. The first-order chi connectivity index (χ1) is 58.3. The molecule has 1 unspecified atom stereocenters. The van der Waals surface area contributed by atoms with Gasteiger partial charge >= 0.3 is 0 Å². The molecule has 1 atom stereocenters. The number of aromatic nitrogens is 1. The molecule has 119 heavy (non-hydrogen) atoms. The van der Waals surface area contributed by atoms with Crippen molar-refractivity contribution in [3.05, 3.63) is 414 Å². The number of benzene rings is 17. The number of furan rings is 3. The van der Waals surface area contributed by atoms with Gasteiger partial charge in [-0.2, -0.15) is 0 Å². The van der Waals surface area contributed by atoms with E-state index in [4.69, 9.17) is 18.2 Å². The molecular weight excluding hydrogens is 1450 g/mol. The van der Waals surface area contributed by atoms with E-state index in [0.717, 1.165) is 133 Å². The molecule has 2 spiro atoms. The maximum atomic E-state index is 7.77. The maximum absolute atomic E-state index is 7.77. The van der Waals surface area contributed by atoms with Crippen LogP contribution in [0.4, 0.5) is 34.1 Å². The average Bonchev–Trinajstić information content (AvgIpc) is 1.54. The Morgan fingerprint density at radius 2 is 0.689 bits per heavy atom. The predicted molar refractivity (Wildman–Crippen MR) is 491 cm³/mol. The van der Waals surface area contributed by atoms with Crippen LogP contribution in [0.25, 0.3) is 154 Å². The van der Waals surface area contributed by atoms with E-state index in [2.05, 4.69) is 403 Å². The highest BCUT2D eigenvalue weighted by atomic mass is 16.3. The molecule has 0 amide bonds. The molecular formula is C113H77N3O3. The van der Waals surface area contributed by atoms with Crippen LogP contribution in [0.2, 0.25) is 0 Å². The topological polar surface area (TPSA) is 58.8 Å². The fraction of sp³-hybridized carbons (Fsp3) is 0.0885. The first-order valence-corrected chi connectivity index (χ1v) is 41.5. The highest BCUT2D eigenvalue weighted by Crippen LogP contribution is 2.66. The van der Waals surface area contributed by atoms with Gasteiger partial charge in [-0.1, -0.05) is 308 Å². The van der Waals surface area contributed by atoms with E-state index in [1.165, 1.54) is 111 Å². The minimum Gasteiger partial charge on any atom is -0.455 e. The molecule has 0 N–H and O–H groups in total. The molecule has 562 valence electrons. The van der Waals surface area contributed by atoms with E-state index < -0.39 is 10.8 Å². The average molecular weight is 1520 g/mol. The molecule has 0 radical (unpaired) electrons. The fourth-order valence-electron chi connectivity index (χ4n) is 21.6. The van der Waals surface area contributed by atoms with Gasteiger partial charge in [0.05, 0.1) is 39.8 Å². The van der Waals surface area contributed by atoms with Crippen LogP contribution in [0.3, 0.4) is 0 Å². The van der Waals surface area contributed by atoms with E-state index >= 15 is 0 Å². The predicted octanol–water partition coefficient (Wildman–Crippen LogP) is 30.6. The van der Waals surface area contributed by atoms with Crippen molar-refractivity contribution in [3.8, 4) is 66.9 Å². The lowest BCUT2D eigenvalue weighted by Crippen LogP contribution is -2.31. The van der Waals surface area contributed by atoms with E-state index in [1.54, 1.807) is 0 Å². The third-order valence-electron chi connectivity index (χ3n) is 26.8. The molecule has 4 aliphatic rings. The van der Waals surface area contributed by atoms with Crippen LogP contribution >= 0.6 is 0 Å². The highest BCUT2D eigenvalue weighted by Gasteiger charge is 2.53. The number of anilines is 6. The number of pyridine rings is 1. The van der Waals surface area contributed by atoms with Crippen LogP contribution in [0.5, 0.6) is 0 Å². The van der Waals surface area contributed by atoms with Gasteiger partial charge in [-0.15, -0.1) is 0 Å². The molecule has 4 aliphatic carbocycles. The lowest BCUT2D eigenvalue weighted by molar-refractivity contribution is 0.590. The van der Waals surface area contributed by atoms with Gasteiger partial charge in [0.25, 0.3) is 0 Å². The van der Waals surface area contributed by atoms with Crippen molar-refractivity contribution in [1.29, 1.82) is 0 Å². The van der Waals surface area contributed by atoms with Crippen molar-refractivity contribution in [1.82, 2.24) is 4.98 Å². The van der Waals surface area contributed by atoms with Gasteiger partial charge in [0, 0.05) is 66.1 Å². The van der Waals surface area contributed by atoms with Crippen molar-refractivity contribution in [2.24, 2.45) is 0 Å². The first-order valence-electron chi connectivity index (χ1n) is 41.5. The van der Waals surface area contributed by atoms with Gasteiger partial charge in [0.15, 0.2) is 11.2 Å². The van der Waals surface area contributed by atoms with Gasteiger partial charge in [-0.05, 0) is 217 Å². The largest absolute Gasteiger partial charge is 0.455 e. The maximum Gasteiger partial charge on any atom is 0.159 e. The van der Waals surface area contributed by atoms with Crippen LogP contribution in [0, 0.1) is 0 Å². The summed E-state index contributed by atoms with van der Waals surface area (Å²) >= 11 is 0. The lowest BCUT2D eigenvalue weighted by Gasteiger charge is -2.40. The van der Waals surface area contributed by atoms with Crippen molar-refractivity contribution in [2.45, 2.75) is 63.2 Å². The third-order valence-corrected chi connectivity index (χ3v) is 26.8. The minimum atomic E-state index is -0.741. The Bertz CT molecular complexity index is 7830. The zero-order valence-electron chi connectivity index (χ0n) is 66.6.